The minimum Gasteiger partial charge on any atom is -0.328 e. The third kappa shape index (κ3) is 3.42. The van der Waals surface area contributed by atoms with E-state index in [0.29, 0.717) is 38.2 Å². The number of likely N-dealkylation sites (tertiary alicyclic amines) is 1. The smallest absolute Gasteiger partial charge is 0.304 e. The Morgan fingerprint density at radius 1 is 1.32 bits per heavy atom. The molecule has 0 unspecified atom stereocenters. The minimum atomic E-state index is -3.45. The van der Waals surface area contributed by atoms with Crippen LogP contribution in [0.4, 0.5) is 17.6 Å². The summed E-state index contributed by atoms with van der Waals surface area (Å²) < 4.78 is 53.9. The summed E-state index contributed by atoms with van der Waals surface area (Å²) in [5.74, 6) is -5.74. The van der Waals surface area contributed by atoms with E-state index in [0.717, 1.165) is 0 Å². The summed E-state index contributed by atoms with van der Waals surface area (Å²) in [6.07, 6.45) is 1.86. The molecule has 0 aromatic carbocycles. The lowest BCUT2D eigenvalue weighted by Crippen LogP contribution is -2.44. The highest BCUT2D eigenvalue weighted by atomic mass is 19.3. The van der Waals surface area contributed by atoms with Gasteiger partial charge in [-0.15, -0.1) is 0 Å². The van der Waals surface area contributed by atoms with E-state index in [9.17, 15) is 17.6 Å². The zero-order chi connectivity index (χ0) is 14.0. The van der Waals surface area contributed by atoms with Crippen LogP contribution >= 0.6 is 0 Å². The Labute approximate surface area is 108 Å². The molecule has 7 heteroatoms. The van der Waals surface area contributed by atoms with Gasteiger partial charge in [0.15, 0.2) is 5.82 Å². The Morgan fingerprint density at radius 3 is 2.53 bits per heavy atom. The normalized spacial score (nSPS) is 18.8. The van der Waals surface area contributed by atoms with Crippen molar-refractivity contribution in [3.63, 3.8) is 0 Å². The van der Waals surface area contributed by atoms with Crippen molar-refractivity contribution in [3.05, 3.63) is 29.6 Å². The van der Waals surface area contributed by atoms with E-state index in [1.54, 1.807) is 0 Å². The zero-order valence-electron chi connectivity index (χ0n) is 10.3. The number of rotatable bonds is 3. The van der Waals surface area contributed by atoms with E-state index >= 15 is 0 Å². The summed E-state index contributed by atoms with van der Waals surface area (Å²) in [7, 11) is 0. The molecule has 1 aliphatic heterocycles. The lowest BCUT2D eigenvalue weighted by molar-refractivity contribution is -0.0491. The van der Waals surface area contributed by atoms with E-state index in [-0.39, 0.29) is 6.04 Å². The summed E-state index contributed by atoms with van der Waals surface area (Å²) in [5, 5.41) is 0. The van der Waals surface area contributed by atoms with Crippen LogP contribution in [0.5, 0.6) is 0 Å². The zero-order valence-corrected chi connectivity index (χ0v) is 10.3. The van der Waals surface area contributed by atoms with Gasteiger partial charge in [-0.05, 0) is 25.9 Å². The number of hydrogen-bond acceptors (Lipinski definition) is 3. The van der Waals surface area contributed by atoms with Crippen LogP contribution in [0.25, 0.3) is 0 Å². The molecule has 1 fully saturated rings. The molecule has 0 aliphatic carbocycles. The second-order valence-electron chi connectivity index (χ2n) is 4.80. The Hall–Kier alpha value is -1.21. The van der Waals surface area contributed by atoms with Crippen LogP contribution in [0.15, 0.2) is 12.3 Å². The predicted octanol–water partition coefficient (Wildman–Crippen LogP) is 1.87. The van der Waals surface area contributed by atoms with Crippen molar-refractivity contribution in [3.8, 4) is 0 Å². The van der Waals surface area contributed by atoms with Gasteiger partial charge in [0.2, 0.25) is 0 Å². The van der Waals surface area contributed by atoms with Crippen molar-refractivity contribution >= 4 is 0 Å². The number of hydrogen-bond donors (Lipinski definition) is 1. The van der Waals surface area contributed by atoms with Crippen LogP contribution in [0.3, 0.4) is 0 Å². The maximum Gasteiger partial charge on any atom is 0.304 e. The van der Waals surface area contributed by atoms with Crippen LogP contribution in [-0.2, 0) is 5.92 Å². The number of pyridine rings is 1. The quantitative estimate of drug-likeness (QED) is 0.858. The van der Waals surface area contributed by atoms with E-state index < -0.39 is 29.8 Å². The molecule has 0 saturated carbocycles. The minimum absolute atomic E-state index is 0.0329. The first kappa shape index (κ1) is 14.2. The lowest BCUT2D eigenvalue weighted by atomic mass is 10.1. The van der Waals surface area contributed by atoms with Crippen LogP contribution in [0, 0.1) is 11.6 Å². The fraction of sp³-hybridized carbons (Fsp3) is 0.583. The molecule has 19 heavy (non-hydrogen) atoms. The summed E-state index contributed by atoms with van der Waals surface area (Å²) in [5.41, 5.74) is 4.67. The van der Waals surface area contributed by atoms with Gasteiger partial charge in [-0.1, -0.05) is 0 Å². The standard InChI is InChI=1S/C12H15F4N3/c13-8-5-10(14)11(18-6-8)12(15,16)7-19-3-1-9(17)2-4-19/h5-6,9H,1-4,7,17H2. The van der Waals surface area contributed by atoms with Crippen molar-refractivity contribution in [2.24, 2.45) is 5.73 Å². The molecule has 2 heterocycles. The monoisotopic (exact) mass is 277 g/mol. The Balaban J connectivity index is 2.09. The SMILES string of the molecule is NC1CCN(CC(F)(F)c2ncc(F)cc2F)CC1. The lowest BCUT2D eigenvalue weighted by Gasteiger charge is -2.32. The predicted molar refractivity (Wildman–Crippen MR) is 61.7 cm³/mol. The summed E-state index contributed by atoms with van der Waals surface area (Å²) in [4.78, 5) is 4.70. The largest absolute Gasteiger partial charge is 0.328 e. The molecule has 0 radical (unpaired) electrons. The molecular formula is C12H15F4N3. The molecule has 1 aromatic rings. The van der Waals surface area contributed by atoms with Crippen molar-refractivity contribution < 1.29 is 17.6 Å². The average Bonchev–Trinajstić information content (AvgIpc) is 2.31. The molecule has 1 aromatic heterocycles. The number of halogens is 4. The maximum atomic E-state index is 13.9. The fourth-order valence-electron chi connectivity index (χ4n) is 2.15. The molecular weight excluding hydrogens is 262 g/mol. The Kier molecular flexibility index (Phi) is 4.05. The average molecular weight is 277 g/mol. The maximum absolute atomic E-state index is 13.9. The number of alkyl halides is 2. The number of aromatic nitrogens is 1. The van der Waals surface area contributed by atoms with Gasteiger partial charge < -0.3 is 5.73 Å². The van der Waals surface area contributed by atoms with Gasteiger partial charge in [0.1, 0.15) is 11.5 Å². The summed E-state index contributed by atoms with van der Waals surface area (Å²) >= 11 is 0. The van der Waals surface area contributed by atoms with Gasteiger partial charge in [0, 0.05) is 12.1 Å². The van der Waals surface area contributed by atoms with Gasteiger partial charge in [0.05, 0.1) is 12.7 Å². The molecule has 2 rings (SSSR count). The second-order valence-corrected chi connectivity index (χ2v) is 4.80. The first-order chi connectivity index (χ1) is 8.88. The van der Waals surface area contributed by atoms with E-state index in [1.807, 2.05) is 0 Å². The van der Waals surface area contributed by atoms with Crippen molar-refractivity contribution in [2.75, 3.05) is 19.6 Å². The van der Waals surface area contributed by atoms with Crippen LogP contribution < -0.4 is 5.73 Å². The summed E-state index contributed by atoms with van der Waals surface area (Å²) in [6, 6.07) is 0.452. The van der Waals surface area contributed by atoms with E-state index in [1.165, 1.54) is 4.90 Å². The Bertz CT molecular complexity index is 445. The highest BCUT2D eigenvalue weighted by molar-refractivity contribution is 5.14. The molecule has 1 aliphatic rings. The molecule has 2 N–H and O–H groups in total. The van der Waals surface area contributed by atoms with Crippen molar-refractivity contribution in [2.45, 2.75) is 24.8 Å². The van der Waals surface area contributed by atoms with Gasteiger partial charge >= 0.3 is 5.92 Å². The third-order valence-electron chi connectivity index (χ3n) is 3.21. The highest BCUT2D eigenvalue weighted by Gasteiger charge is 2.39. The molecule has 1 saturated heterocycles. The van der Waals surface area contributed by atoms with E-state index in [4.69, 9.17) is 5.73 Å². The Morgan fingerprint density at radius 2 is 1.95 bits per heavy atom. The number of nitrogens with two attached hydrogens (primary N) is 1. The topological polar surface area (TPSA) is 42.1 Å². The highest BCUT2D eigenvalue weighted by Crippen LogP contribution is 2.30. The van der Waals surface area contributed by atoms with Gasteiger partial charge in [-0.25, -0.2) is 13.8 Å². The molecule has 0 bridgehead atoms. The van der Waals surface area contributed by atoms with Crippen molar-refractivity contribution in [1.82, 2.24) is 9.88 Å². The van der Waals surface area contributed by atoms with Gasteiger partial charge in [-0.3, -0.25) is 4.90 Å². The van der Waals surface area contributed by atoms with E-state index in [2.05, 4.69) is 4.98 Å². The first-order valence-electron chi connectivity index (χ1n) is 6.06. The molecule has 0 amide bonds. The first-order valence-corrected chi connectivity index (χ1v) is 6.06. The number of nitrogens with zero attached hydrogens (tertiary/aromatic N) is 2. The fourth-order valence-corrected chi connectivity index (χ4v) is 2.15. The van der Waals surface area contributed by atoms with Gasteiger partial charge in [0.25, 0.3) is 0 Å². The van der Waals surface area contributed by atoms with Crippen LogP contribution in [-0.4, -0.2) is 35.6 Å². The van der Waals surface area contributed by atoms with Gasteiger partial charge in [-0.2, -0.15) is 8.78 Å². The molecule has 3 nitrogen and oxygen atoms in total. The molecule has 0 spiro atoms. The molecule has 106 valence electrons. The van der Waals surface area contributed by atoms with Crippen LogP contribution in [0.2, 0.25) is 0 Å². The second kappa shape index (κ2) is 5.42. The molecule has 0 atom stereocenters. The third-order valence-corrected chi connectivity index (χ3v) is 3.21. The van der Waals surface area contributed by atoms with Crippen molar-refractivity contribution in [1.29, 1.82) is 0 Å². The summed E-state index contributed by atoms with van der Waals surface area (Å²) in [6.45, 7) is 0.258. The van der Waals surface area contributed by atoms with Crippen LogP contribution in [0.1, 0.15) is 18.5 Å². The number of piperidine rings is 1.